The van der Waals surface area contributed by atoms with Crippen molar-refractivity contribution >= 4 is 11.9 Å². The fourth-order valence-corrected chi connectivity index (χ4v) is 4.54. The van der Waals surface area contributed by atoms with Crippen molar-refractivity contribution in [3.05, 3.63) is 108 Å². The number of fused-ring (bicyclic) bond motifs is 1. The van der Waals surface area contributed by atoms with Gasteiger partial charge in [0, 0.05) is 12.5 Å². The third-order valence-corrected chi connectivity index (χ3v) is 6.29. The fourth-order valence-electron chi connectivity index (χ4n) is 4.54. The molecule has 0 bridgehead atoms. The molecule has 37 heavy (non-hydrogen) atoms. The summed E-state index contributed by atoms with van der Waals surface area (Å²) in [4.78, 5) is 25.4. The molecular formula is C29H29NO7. The number of amides is 1. The Labute approximate surface area is 215 Å². The molecule has 2 heterocycles. The first-order valence-electron chi connectivity index (χ1n) is 12.2. The Hall–Kier alpha value is -3.56. The fraction of sp³-hybridized carbons (Fsp3) is 0.310. The molecule has 1 N–H and O–H groups in total. The van der Waals surface area contributed by atoms with Gasteiger partial charge in [0.2, 0.25) is 5.91 Å². The van der Waals surface area contributed by atoms with Crippen LogP contribution in [-0.2, 0) is 35.1 Å². The highest BCUT2D eigenvalue weighted by Gasteiger charge is 2.52. The Morgan fingerprint density at radius 2 is 1.54 bits per heavy atom. The molecule has 192 valence electrons. The molecule has 8 nitrogen and oxygen atoms in total. The Morgan fingerprint density at radius 1 is 0.892 bits per heavy atom. The lowest BCUT2D eigenvalue weighted by Gasteiger charge is -2.48. The standard InChI is InChI=1S/C29H29NO7/c1-19(31)30-24-26(36-27(32)21-13-7-3-8-14-21)25-23(18-34-28(37-25)22-15-9-4-10-16-22)35-29(24)33-17-20-11-5-2-6-12-20/h2-16,23-26,28-29H,17-18H2,1H3,(H,30,31). The molecule has 2 saturated heterocycles. The summed E-state index contributed by atoms with van der Waals surface area (Å²) < 4.78 is 30.7. The van der Waals surface area contributed by atoms with Crippen LogP contribution in [0.3, 0.4) is 0 Å². The molecule has 2 aliphatic rings. The van der Waals surface area contributed by atoms with E-state index in [4.69, 9.17) is 23.7 Å². The van der Waals surface area contributed by atoms with E-state index in [1.165, 1.54) is 6.92 Å². The molecule has 8 heteroatoms. The van der Waals surface area contributed by atoms with Crippen LogP contribution in [0.2, 0.25) is 0 Å². The zero-order valence-electron chi connectivity index (χ0n) is 20.4. The summed E-state index contributed by atoms with van der Waals surface area (Å²) in [5.41, 5.74) is 2.15. The van der Waals surface area contributed by atoms with E-state index in [0.717, 1.165) is 11.1 Å². The van der Waals surface area contributed by atoms with Crippen LogP contribution in [-0.4, -0.2) is 49.1 Å². The number of benzene rings is 3. The minimum atomic E-state index is -0.903. The smallest absolute Gasteiger partial charge is 0.338 e. The number of ether oxygens (including phenoxy) is 5. The van der Waals surface area contributed by atoms with Crippen molar-refractivity contribution in [3.8, 4) is 0 Å². The number of hydrogen-bond acceptors (Lipinski definition) is 7. The van der Waals surface area contributed by atoms with Crippen molar-refractivity contribution in [1.29, 1.82) is 0 Å². The molecule has 1 amide bonds. The second-order valence-corrected chi connectivity index (χ2v) is 8.98. The van der Waals surface area contributed by atoms with Crippen molar-refractivity contribution in [2.24, 2.45) is 0 Å². The first-order valence-corrected chi connectivity index (χ1v) is 12.2. The predicted octanol–water partition coefficient (Wildman–Crippen LogP) is 3.77. The third-order valence-electron chi connectivity index (χ3n) is 6.29. The molecule has 3 aromatic carbocycles. The molecule has 2 fully saturated rings. The van der Waals surface area contributed by atoms with E-state index in [9.17, 15) is 9.59 Å². The lowest BCUT2D eigenvalue weighted by atomic mass is 9.95. The minimum absolute atomic E-state index is 0.196. The van der Waals surface area contributed by atoms with Gasteiger partial charge in [0.15, 0.2) is 18.7 Å². The van der Waals surface area contributed by atoms with Crippen molar-refractivity contribution in [3.63, 3.8) is 0 Å². The summed E-state index contributed by atoms with van der Waals surface area (Å²) in [6.07, 6.45) is -3.77. The SMILES string of the molecule is CC(=O)NC1C(OCc2ccccc2)OC2COC(c3ccccc3)OC2C1OC(=O)c1ccccc1. The van der Waals surface area contributed by atoms with Gasteiger partial charge in [0.1, 0.15) is 18.2 Å². The molecule has 0 spiro atoms. The van der Waals surface area contributed by atoms with Gasteiger partial charge in [-0.3, -0.25) is 4.79 Å². The van der Waals surface area contributed by atoms with E-state index in [0.29, 0.717) is 5.56 Å². The van der Waals surface area contributed by atoms with Crippen LogP contribution in [0.1, 0.15) is 34.7 Å². The molecule has 0 radical (unpaired) electrons. The van der Waals surface area contributed by atoms with Gasteiger partial charge in [-0.25, -0.2) is 4.79 Å². The summed E-state index contributed by atoms with van der Waals surface area (Å²) in [6.45, 7) is 1.84. The maximum Gasteiger partial charge on any atom is 0.338 e. The molecule has 0 aromatic heterocycles. The van der Waals surface area contributed by atoms with Gasteiger partial charge in [-0.1, -0.05) is 78.9 Å². The van der Waals surface area contributed by atoms with Crippen molar-refractivity contribution in [2.75, 3.05) is 6.61 Å². The zero-order valence-corrected chi connectivity index (χ0v) is 20.4. The molecule has 5 rings (SSSR count). The minimum Gasteiger partial charge on any atom is -0.453 e. The lowest BCUT2D eigenvalue weighted by Crippen LogP contribution is -2.67. The highest BCUT2D eigenvalue weighted by Crippen LogP contribution is 2.36. The Balaban J connectivity index is 1.43. The summed E-state index contributed by atoms with van der Waals surface area (Å²) in [5, 5.41) is 2.88. The summed E-state index contributed by atoms with van der Waals surface area (Å²) in [7, 11) is 0. The van der Waals surface area contributed by atoms with Gasteiger partial charge in [0.25, 0.3) is 0 Å². The van der Waals surface area contributed by atoms with E-state index in [1.54, 1.807) is 24.3 Å². The number of hydrogen-bond donors (Lipinski definition) is 1. The summed E-state index contributed by atoms with van der Waals surface area (Å²) in [6, 6.07) is 27.0. The van der Waals surface area contributed by atoms with Crippen LogP contribution in [0.15, 0.2) is 91.0 Å². The normalized spacial score (nSPS) is 27.1. The summed E-state index contributed by atoms with van der Waals surface area (Å²) in [5.74, 6) is -0.845. The van der Waals surface area contributed by atoms with Gasteiger partial charge < -0.3 is 29.0 Å². The number of carbonyl (C=O) groups is 2. The quantitative estimate of drug-likeness (QED) is 0.491. The van der Waals surface area contributed by atoms with Crippen LogP contribution in [0, 0.1) is 0 Å². The number of carbonyl (C=O) groups excluding carboxylic acids is 2. The van der Waals surface area contributed by atoms with E-state index < -0.39 is 42.9 Å². The van der Waals surface area contributed by atoms with Crippen molar-refractivity contribution in [1.82, 2.24) is 5.32 Å². The molecule has 0 saturated carbocycles. The van der Waals surface area contributed by atoms with E-state index >= 15 is 0 Å². The molecular weight excluding hydrogens is 474 g/mol. The summed E-state index contributed by atoms with van der Waals surface area (Å²) >= 11 is 0. The van der Waals surface area contributed by atoms with E-state index in [2.05, 4.69) is 5.32 Å². The highest BCUT2D eigenvalue weighted by atomic mass is 16.8. The van der Waals surface area contributed by atoms with E-state index in [-0.39, 0.29) is 19.1 Å². The second kappa shape index (κ2) is 11.7. The van der Waals surface area contributed by atoms with Crippen LogP contribution in [0.5, 0.6) is 0 Å². The Kier molecular flexibility index (Phi) is 7.91. The zero-order chi connectivity index (χ0) is 25.6. The molecule has 6 unspecified atom stereocenters. The monoisotopic (exact) mass is 503 g/mol. The average molecular weight is 504 g/mol. The van der Waals surface area contributed by atoms with Gasteiger partial charge in [-0.05, 0) is 17.7 Å². The lowest BCUT2D eigenvalue weighted by molar-refractivity contribution is -0.344. The molecule has 6 atom stereocenters. The molecule has 3 aromatic rings. The van der Waals surface area contributed by atoms with Crippen LogP contribution < -0.4 is 5.32 Å². The first kappa shape index (κ1) is 25.1. The van der Waals surface area contributed by atoms with Gasteiger partial charge in [0.05, 0.1) is 18.8 Å². The van der Waals surface area contributed by atoms with Crippen molar-refractivity contribution < 1.29 is 33.3 Å². The highest BCUT2D eigenvalue weighted by molar-refractivity contribution is 5.89. The van der Waals surface area contributed by atoms with Crippen LogP contribution in [0.4, 0.5) is 0 Å². The van der Waals surface area contributed by atoms with Gasteiger partial charge in [-0.15, -0.1) is 0 Å². The van der Waals surface area contributed by atoms with Crippen LogP contribution >= 0.6 is 0 Å². The number of esters is 1. The topological polar surface area (TPSA) is 92.3 Å². The largest absolute Gasteiger partial charge is 0.453 e. The first-order chi connectivity index (χ1) is 18.1. The van der Waals surface area contributed by atoms with Crippen LogP contribution in [0.25, 0.3) is 0 Å². The predicted molar refractivity (Wildman–Crippen MR) is 133 cm³/mol. The maximum atomic E-state index is 13.2. The van der Waals surface area contributed by atoms with Crippen molar-refractivity contribution in [2.45, 2.75) is 50.5 Å². The second-order valence-electron chi connectivity index (χ2n) is 8.98. The number of nitrogens with one attached hydrogen (secondary N) is 1. The number of rotatable bonds is 7. The Morgan fingerprint density at radius 3 is 2.22 bits per heavy atom. The molecule has 2 aliphatic heterocycles. The van der Waals surface area contributed by atoms with E-state index in [1.807, 2.05) is 66.7 Å². The average Bonchev–Trinajstić information content (AvgIpc) is 2.94. The van der Waals surface area contributed by atoms with Gasteiger partial charge in [-0.2, -0.15) is 0 Å². The molecule has 0 aliphatic carbocycles. The Bertz CT molecular complexity index is 1170. The van der Waals surface area contributed by atoms with Gasteiger partial charge >= 0.3 is 5.97 Å². The third kappa shape index (κ3) is 6.06. The maximum absolute atomic E-state index is 13.2.